The minimum atomic E-state index is -0.397. The first kappa shape index (κ1) is 21.1. The van der Waals surface area contributed by atoms with Crippen LogP contribution in [0.25, 0.3) is 0 Å². The Bertz CT molecular complexity index is 524. The molecule has 0 aliphatic carbocycles. The van der Waals surface area contributed by atoms with E-state index in [-0.39, 0.29) is 18.0 Å². The second-order valence-electron chi connectivity index (χ2n) is 7.51. The van der Waals surface area contributed by atoms with Gasteiger partial charge in [-0.25, -0.2) is 9.79 Å². The summed E-state index contributed by atoms with van der Waals surface area (Å²) in [4.78, 5) is 32.7. The molecule has 0 aromatic heterocycles. The van der Waals surface area contributed by atoms with Gasteiger partial charge in [-0.2, -0.15) is 0 Å². The maximum atomic E-state index is 12.4. The summed E-state index contributed by atoms with van der Waals surface area (Å²) in [6.07, 6.45) is 9.67. The lowest BCUT2D eigenvalue weighted by Gasteiger charge is -2.36. The van der Waals surface area contributed by atoms with Crippen molar-refractivity contribution in [1.82, 2.24) is 15.1 Å². The van der Waals surface area contributed by atoms with Gasteiger partial charge in [-0.05, 0) is 6.42 Å². The third kappa shape index (κ3) is 5.38. The lowest BCUT2D eigenvalue weighted by Crippen LogP contribution is -2.63. The predicted molar refractivity (Wildman–Crippen MR) is 108 cm³/mol. The molecule has 26 heavy (non-hydrogen) atoms. The largest absolute Gasteiger partial charge is 0.336 e. The fraction of sp³-hybridized carbons (Fsp3) is 0.842. The van der Waals surface area contributed by atoms with Gasteiger partial charge in [0.05, 0.1) is 0 Å². The molecular formula is C19H34N4O2S. The Balaban J connectivity index is 1.88. The van der Waals surface area contributed by atoms with Crippen LogP contribution in [0.2, 0.25) is 0 Å². The Kier molecular flexibility index (Phi) is 8.25. The van der Waals surface area contributed by atoms with Crippen molar-refractivity contribution in [2.24, 2.45) is 4.99 Å². The normalized spacial score (nSPS) is 22.7. The number of aliphatic imine (C=N–C) groups is 1. The lowest BCUT2D eigenvalue weighted by molar-refractivity contribution is -0.127. The Morgan fingerprint density at radius 2 is 1.69 bits per heavy atom. The van der Waals surface area contributed by atoms with Gasteiger partial charge in [0.1, 0.15) is 0 Å². The van der Waals surface area contributed by atoms with E-state index in [4.69, 9.17) is 4.99 Å². The van der Waals surface area contributed by atoms with E-state index >= 15 is 0 Å². The van der Waals surface area contributed by atoms with E-state index in [9.17, 15) is 9.59 Å². The number of nitrogens with zero attached hydrogens (tertiary/aromatic N) is 3. The number of nitrogens with one attached hydrogen (secondary N) is 1. The molecule has 2 aliphatic rings. The number of rotatable bonds is 10. The summed E-state index contributed by atoms with van der Waals surface area (Å²) in [5.74, 6) is -0.222. The van der Waals surface area contributed by atoms with Crippen LogP contribution in [-0.2, 0) is 4.79 Å². The van der Waals surface area contributed by atoms with Crippen LogP contribution < -0.4 is 5.32 Å². The number of urea groups is 1. The van der Waals surface area contributed by atoms with Crippen LogP contribution in [-0.4, -0.2) is 58.0 Å². The van der Waals surface area contributed by atoms with E-state index in [0.29, 0.717) is 5.25 Å². The number of likely N-dealkylation sites (N-methyl/N-ethyl adjacent to an activating group) is 1. The Labute approximate surface area is 162 Å². The van der Waals surface area contributed by atoms with Crippen molar-refractivity contribution in [1.29, 1.82) is 0 Å². The molecule has 2 atom stereocenters. The highest BCUT2D eigenvalue weighted by atomic mass is 32.2. The number of carbonyl (C=O) groups is 2. The smallest absolute Gasteiger partial charge is 0.325 e. The number of hydrogen-bond acceptors (Lipinski definition) is 5. The van der Waals surface area contributed by atoms with Gasteiger partial charge in [0.2, 0.25) is 0 Å². The van der Waals surface area contributed by atoms with E-state index < -0.39 is 6.17 Å². The molecule has 0 aromatic carbocycles. The minimum absolute atomic E-state index is 0.222. The van der Waals surface area contributed by atoms with Crippen molar-refractivity contribution in [2.75, 3.05) is 13.6 Å². The van der Waals surface area contributed by atoms with Gasteiger partial charge in [-0.1, -0.05) is 77.5 Å². The summed E-state index contributed by atoms with van der Waals surface area (Å²) >= 11 is 1.68. The second-order valence-corrected chi connectivity index (χ2v) is 9.05. The fourth-order valence-corrected chi connectivity index (χ4v) is 4.39. The van der Waals surface area contributed by atoms with Crippen LogP contribution >= 0.6 is 11.8 Å². The first-order valence-electron chi connectivity index (χ1n) is 10.0. The Morgan fingerprint density at radius 1 is 1.08 bits per heavy atom. The summed E-state index contributed by atoms with van der Waals surface area (Å²) in [7, 11) is 1.71. The summed E-state index contributed by atoms with van der Waals surface area (Å²) in [5, 5.41) is 3.74. The van der Waals surface area contributed by atoms with Gasteiger partial charge in [0.15, 0.2) is 17.4 Å². The van der Waals surface area contributed by atoms with Gasteiger partial charge in [-0.3, -0.25) is 10.1 Å². The number of amidine groups is 1. The van der Waals surface area contributed by atoms with E-state index in [2.05, 4.69) is 31.0 Å². The molecule has 2 unspecified atom stereocenters. The van der Waals surface area contributed by atoms with Gasteiger partial charge in [0.25, 0.3) is 5.91 Å². The van der Waals surface area contributed by atoms with E-state index in [0.717, 1.165) is 18.1 Å². The van der Waals surface area contributed by atoms with Gasteiger partial charge < -0.3 is 9.80 Å². The van der Waals surface area contributed by atoms with Gasteiger partial charge in [-0.15, -0.1) is 0 Å². The van der Waals surface area contributed by atoms with E-state index in [1.165, 1.54) is 44.9 Å². The molecule has 1 fully saturated rings. The summed E-state index contributed by atoms with van der Waals surface area (Å²) in [6.45, 7) is 7.31. The number of amides is 3. The topological polar surface area (TPSA) is 65.0 Å². The fourth-order valence-electron chi connectivity index (χ4n) is 3.46. The molecule has 7 heteroatoms. The van der Waals surface area contributed by atoms with E-state index in [1.54, 1.807) is 23.7 Å². The zero-order chi connectivity index (χ0) is 19.1. The highest BCUT2D eigenvalue weighted by molar-refractivity contribution is 8.14. The average molecular weight is 383 g/mol. The highest BCUT2D eigenvalue weighted by Gasteiger charge is 2.48. The standard InChI is InChI=1S/C19H34N4O2S/c1-5-6-7-8-9-10-11-12-13-23-15-16(20-19(23)26-14(2)3)22(4)18(25)21-17(15)24/h14-16H,5-13H2,1-4H3,(H,21,24,25). The third-order valence-electron chi connectivity index (χ3n) is 4.92. The lowest BCUT2D eigenvalue weighted by atomic mass is 10.1. The highest BCUT2D eigenvalue weighted by Crippen LogP contribution is 2.30. The number of unbranched alkanes of at least 4 members (excludes halogenated alkanes) is 7. The molecule has 0 aromatic rings. The molecule has 148 valence electrons. The summed E-state index contributed by atoms with van der Waals surface area (Å²) < 4.78 is 0. The van der Waals surface area contributed by atoms with Crippen LogP contribution in [0.15, 0.2) is 4.99 Å². The molecule has 0 bridgehead atoms. The van der Waals surface area contributed by atoms with Crippen LogP contribution in [0, 0.1) is 0 Å². The molecule has 0 saturated carbocycles. The molecule has 1 saturated heterocycles. The van der Waals surface area contributed by atoms with Crippen molar-refractivity contribution in [2.45, 2.75) is 89.6 Å². The maximum absolute atomic E-state index is 12.4. The second kappa shape index (κ2) is 10.2. The van der Waals surface area contributed by atoms with Crippen LogP contribution in [0.5, 0.6) is 0 Å². The van der Waals surface area contributed by atoms with Crippen molar-refractivity contribution in [3.05, 3.63) is 0 Å². The third-order valence-corrected chi connectivity index (χ3v) is 5.94. The molecule has 0 spiro atoms. The average Bonchev–Trinajstić information content (AvgIpc) is 2.93. The molecule has 2 rings (SSSR count). The number of hydrogen-bond donors (Lipinski definition) is 1. The van der Waals surface area contributed by atoms with E-state index in [1.807, 2.05) is 0 Å². The quantitative estimate of drug-likeness (QED) is 0.584. The van der Waals surface area contributed by atoms with Crippen molar-refractivity contribution < 1.29 is 9.59 Å². The molecule has 2 aliphatic heterocycles. The number of fused-ring (bicyclic) bond motifs is 1. The predicted octanol–water partition coefficient (Wildman–Crippen LogP) is 3.82. The summed E-state index contributed by atoms with van der Waals surface area (Å²) in [6, 6.07) is -0.744. The van der Waals surface area contributed by atoms with Crippen LogP contribution in [0.4, 0.5) is 4.79 Å². The number of imide groups is 1. The molecular weight excluding hydrogens is 348 g/mol. The Morgan fingerprint density at radius 3 is 2.31 bits per heavy atom. The first-order valence-corrected chi connectivity index (χ1v) is 10.9. The molecule has 0 radical (unpaired) electrons. The maximum Gasteiger partial charge on any atom is 0.325 e. The first-order chi connectivity index (χ1) is 12.5. The zero-order valence-corrected chi connectivity index (χ0v) is 17.5. The van der Waals surface area contributed by atoms with Crippen molar-refractivity contribution in [3.8, 4) is 0 Å². The number of carbonyl (C=O) groups excluding carboxylic acids is 2. The monoisotopic (exact) mass is 382 g/mol. The van der Waals surface area contributed by atoms with Crippen LogP contribution in [0.1, 0.15) is 72.1 Å². The molecule has 3 amide bonds. The summed E-state index contributed by atoms with van der Waals surface area (Å²) in [5.41, 5.74) is 0. The minimum Gasteiger partial charge on any atom is -0.336 e. The molecule has 2 heterocycles. The SMILES string of the molecule is CCCCCCCCCCN1C(SC(C)C)=NC2C1C(=O)NC(=O)N2C. The van der Waals surface area contributed by atoms with Gasteiger partial charge >= 0.3 is 6.03 Å². The molecule has 1 N–H and O–H groups in total. The zero-order valence-electron chi connectivity index (χ0n) is 16.7. The van der Waals surface area contributed by atoms with Crippen molar-refractivity contribution in [3.63, 3.8) is 0 Å². The Hall–Kier alpha value is -1.24. The number of thioether (sulfide) groups is 1. The van der Waals surface area contributed by atoms with Crippen molar-refractivity contribution >= 4 is 28.9 Å². The van der Waals surface area contributed by atoms with Crippen LogP contribution in [0.3, 0.4) is 0 Å². The van der Waals surface area contributed by atoms with Gasteiger partial charge in [0, 0.05) is 18.8 Å². The molecule has 6 nitrogen and oxygen atoms in total.